The summed E-state index contributed by atoms with van der Waals surface area (Å²) in [6, 6.07) is 0. The van der Waals surface area contributed by atoms with Crippen LogP contribution in [0.15, 0.2) is 0 Å². The van der Waals surface area contributed by atoms with Crippen molar-refractivity contribution in [2.75, 3.05) is 26.2 Å². The zero-order chi connectivity index (χ0) is 15.7. The van der Waals surface area contributed by atoms with Crippen LogP contribution >= 0.6 is 12.4 Å². The molecule has 2 saturated heterocycles. The van der Waals surface area contributed by atoms with Gasteiger partial charge in [-0.05, 0) is 37.8 Å². The van der Waals surface area contributed by atoms with Crippen molar-refractivity contribution in [1.82, 2.24) is 10.2 Å². The number of aliphatic hydroxyl groups is 1. The largest absolute Gasteiger partial charge is 0.419 e. The fourth-order valence-corrected chi connectivity index (χ4v) is 3.17. The second-order valence-corrected chi connectivity index (χ2v) is 6.38. The molecule has 2 aliphatic rings. The number of alkyl halides is 3. The molecule has 0 radical (unpaired) electrons. The van der Waals surface area contributed by atoms with Crippen LogP contribution < -0.4 is 5.32 Å². The minimum absolute atomic E-state index is 0. The van der Waals surface area contributed by atoms with Crippen LogP contribution in [0.1, 0.15) is 32.6 Å². The van der Waals surface area contributed by atoms with E-state index in [9.17, 15) is 23.1 Å². The molecule has 0 aromatic heterocycles. The van der Waals surface area contributed by atoms with Crippen molar-refractivity contribution in [3.05, 3.63) is 0 Å². The molecule has 2 fully saturated rings. The molecule has 3 atom stereocenters. The Kier molecular flexibility index (Phi) is 6.53. The van der Waals surface area contributed by atoms with Crippen molar-refractivity contribution >= 4 is 18.3 Å². The molecule has 2 rings (SSSR count). The number of likely N-dealkylation sites (tertiary alicyclic amines) is 1. The molecule has 1 amide bonds. The fourth-order valence-electron chi connectivity index (χ4n) is 3.17. The lowest BCUT2D eigenvalue weighted by Gasteiger charge is -2.30. The molecule has 8 heteroatoms. The summed E-state index contributed by atoms with van der Waals surface area (Å²) < 4.78 is 38.2. The van der Waals surface area contributed by atoms with Crippen LogP contribution in [0.5, 0.6) is 0 Å². The Labute approximate surface area is 134 Å². The number of rotatable bonds is 3. The zero-order valence-electron chi connectivity index (χ0n) is 12.7. The van der Waals surface area contributed by atoms with Crippen LogP contribution in [-0.4, -0.2) is 53.9 Å². The van der Waals surface area contributed by atoms with Crippen molar-refractivity contribution < 1.29 is 23.1 Å². The summed E-state index contributed by atoms with van der Waals surface area (Å²) in [5.74, 6) is 0.255. The van der Waals surface area contributed by atoms with Gasteiger partial charge >= 0.3 is 6.18 Å². The molecule has 22 heavy (non-hydrogen) atoms. The maximum absolute atomic E-state index is 12.7. The van der Waals surface area contributed by atoms with E-state index in [4.69, 9.17) is 0 Å². The van der Waals surface area contributed by atoms with Gasteiger partial charge in [0.2, 0.25) is 5.91 Å². The lowest BCUT2D eigenvalue weighted by atomic mass is 9.85. The van der Waals surface area contributed by atoms with Crippen LogP contribution in [-0.2, 0) is 4.79 Å². The molecule has 2 aliphatic heterocycles. The minimum atomic E-state index is -4.68. The molecule has 0 saturated carbocycles. The molecule has 130 valence electrons. The van der Waals surface area contributed by atoms with Crippen LogP contribution in [0.3, 0.4) is 0 Å². The topological polar surface area (TPSA) is 52.6 Å². The Morgan fingerprint density at radius 1 is 1.50 bits per heavy atom. The molecular formula is C14H24ClF3N2O2. The van der Waals surface area contributed by atoms with Gasteiger partial charge in [-0.1, -0.05) is 6.92 Å². The molecule has 4 nitrogen and oxygen atoms in total. The molecule has 3 unspecified atom stereocenters. The number of piperidine rings is 1. The van der Waals surface area contributed by atoms with Crippen molar-refractivity contribution in [3.8, 4) is 0 Å². The third-order valence-electron chi connectivity index (χ3n) is 4.76. The minimum Gasteiger partial charge on any atom is -0.379 e. The maximum atomic E-state index is 12.7. The molecule has 0 aliphatic carbocycles. The van der Waals surface area contributed by atoms with Crippen LogP contribution in [0.2, 0.25) is 0 Å². The Morgan fingerprint density at radius 2 is 2.18 bits per heavy atom. The summed E-state index contributed by atoms with van der Waals surface area (Å²) in [6.45, 7) is 3.17. The van der Waals surface area contributed by atoms with Gasteiger partial charge < -0.3 is 15.3 Å². The second kappa shape index (κ2) is 7.36. The van der Waals surface area contributed by atoms with E-state index in [1.807, 2.05) is 6.92 Å². The average Bonchev–Trinajstić information content (AvgIpc) is 2.83. The summed E-state index contributed by atoms with van der Waals surface area (Å²) in [6.07, 6.45) is -2.74. The Bertz CT molecular complexity index is 389. The van der Waals surface area contributed by atoms with Crippen LogP contribution in [0, 0.1) is 11.8 Å². The van der Waals surface area contributed by atoms with Crippen molar-refractivity contribution in [2.45, 2.75) is 44.4 Å². The maximum Gasteiger partial charge on any atom is 0.419 e. The number of hydrogen-bond acceptors (Lipinski definition) is 3. The van der Waals surface area contributed by atoms with Gasteiger partial charge in [-0.15, -0.1) is 12.4 Å². The summed E-state index contributed by atoms with van der Waals surface area (Å²) >= 11 is 0. The summed E-state index contributed by atoms with van der Waals surface area (Å²) in [5.41, 5.74) is -2.74. The normalized spacial score (nSPS) is 30.8. The Hall–Kier alpha value is -0.530. The van der Waals surface area contributed by atoms with Gasteiger partial charge in [0.1, 0.15) is 0 Å². The molecule has 0 bridgehead atoms. The van der Waals surface area contributed by atoms with E-state index in [1.165, 1.54) is 0 Å². The SMILES string of the molecule is CC(CC(=O)N1CCC(O)(C(F)(F)F)C1)C1CCCNC1.Cl. The van der Waals surface area contributed by atoms with E-state index >= 15 is 0 Å². The number of halogens is 4. The highest BCUT2D eigenvalue weighted by Crippen LogP contribution is 2.38. The van der Waals surface area contributed by atoms with E-state index in [2.05, 4.69) is 5.32 Å². The molecule has 0 aromatic carbocycles. The van der Waals surface area contributed by atoms with Crippen LogP contribution in [0.4, 0.5) is 13.2 Å². The quantitative estimate of drug-likeness (QED) is 0.823. The van der Waals surface area contributed by atoms with E-state index in [0.29, 0.717) is 5.92 Å². The zero-order valence-corrected chi connectivity index (χ0v) is 13.5. The van der Waals surface area contributed by atoms with E-state index in [-0.39, 0.29) is 37.2 Å². The summed E-state index contributed by atoms with van der Waals surface area (Å²) in [5, 5.41) is 12.9. The highest BCUT2D eigenvalue weighted by molar-refractivity contribution is 5.85. The van der Waals surface area contributed by atoms with E-state index < -0.39 is 24.7 Å². The number of amides is 1. The fraction of sp³-hybridized carbons (Fsp3) is 0.929. The van der Waals surface area contributed by atoms with E-state index in [0.717, 1.165) is 30.8 Å². The Balaban J connectivity index is 0.00000242. The first-order valence-corrected chi connectivity index (χ1v) is 7.50. The average molecular weight is 345 g/mol. The van der Waals surface area contributed by atoms with Crippen molar-refractivity contribution in [3.63, 3.8) is 0 Å². The van der Waals surface area contributed by atoms with Crippen molar-refractivity contribution in [1.29, 1.82) is 0 Å². The van der Waals surface area contributed by atoms with Gasteiger partial charge in [-0.2, -0.15) is 13.2 Å². The van der Waals surface area contributed by atoms with Gasteiger partial charge in [-0.3, -0.25) is 4.79 Å². The lowest BCUT2D eigenvalue weighted by molar-refractivity contribution is -0.253. The predicted octanol–water partition coefficient (Wildman–Crippen LogP) is 1.96. The monoisotopic (exact) mass is 344 g/mol. The molecule has 2 N–H and O–H groups in total. The van der Waals surface area contributed by atoms with Gasteiger partial charge in [0, 0.05) is 19.4 Å². The number of carbonyl (C=O) groups is 1. The molecular weight excluding hydrogens is 321 g/mol. The van der Waals surface area contributed by atoms with E-state index in [1.54, 1.807) is 0 Å². The third-order valence-corrected chi connectivity index (χ3v) is 4.76. The standard InChI is InChI=1S/C14H23F3N2O2.ClH/c1-10(11-3-2-5-18-8-11)7-12(20)19-6-4-13(21,9-19)14(15,16)17;/h10-11,18,21H,2-9H2,1H3;1H. The summed E-state index contributed by atoms with van der Waals surface area (Å²) in [7, 11) is 0. The van der Waals surface area contributed by atoms with Gasteiger partial charge in [0.15, 0.2) is 5.60 Å². The number of nitrogens with zero attached hydrogens (tertiary/aromatic N) is 1. The van der Waals surface area contributed by atoms with Crippen LogP contribution in [0.25, 0.3) is 0 Å². The first-order chi connectivity index (χ1) is 9.73. The number of nitrogens with one attached hydrogen (secondary N) is 1. The highest BCUT2D eigenvalue weighted by atomic mass is 35.5. The number of carbonyl (C=O) groups excluding carboxylic acids is 1. The third kappa shape index (κ3) is 4.26. The molecule has 2 heterocycles. The highest BCUT2D eigenvalue weighted by Gasteiger charge is 2.57. The number of hydrogen-bond donors (Lipinski definition) is 2. The lowest BCUT2D eigenvalue weighted by Crippen LogP contribution is -2.48. The molecule has 0 aromatic rings. The predicted molar refractivity (Wildman–Crippen MR) is 78.8 cm³/mol. The smallest absolute Gasteiger partial charge is 0.379 e. The second-order valence-electron chi connectivity index (χ2n) is 6.38. The molecule has 0 spiro atoms. The van der Waals surface area contributed by atoms with Crippen molar-refractivity contribution in [2.24, 2.45) is 11.8 Å². The Morgan fingerprint density at radius 3 is 2.68 bits per heavy atom. The summed E-state index contributed by atoms with van der Waals surface area (Å²) in [4.78, 5) is 13.3. The number of β-amino-alcohol motifs (C(OH)–C–C–N with tert-alkyl or cyclic N) is 1. The first-order valence-electron chi connectivity index (χ1n) is 7.50. The first kappa shape index (κ1) is 19.5. The van der Waals surface area contributed by atoms with Gasteiger partial charge in [-0.25, -0.2) is 0 Å². The van der Waals surface area contributed by atoms with Gasteiger partial charge in [0.05, 0.1) is 6.54 Å². The van der Waals surface area contributed by atoms with Gasteiger partial charge in [0.25, 0.3) is 0 Å².